The van der Waals surface area contributed by atoms with Gasteiger partial charge in [0.15, 0.2) is 0 Å². The summed E-state index contributed by atoms with van der Waals surface area (Å²) in [7, 11) is 0. The number of hydrogen-bond acceptors (Lipinski definition) is 4. The van der Waals surface area contributed by atoms with Crippen LogP contribution in [-0.4, -0.2) is 27.3 Å². The fraction of sp³-hybridized carbons (Fsp3) is 0.500. The van der Waals surface area contributed by atoms with Crippen molar-refractivity contribution in [1.29, 1.82) is 0 Å². The van der Waals surface area contributed by atoms with Crippen LogP contribution in [0.5, 0.6) is 0 Å². The van der Waals surface area contributed by atoms with Crippen LogP contribution in [0.4, 0.5) is 5.69 Å². The Morgan fingerprint density at radius 3 is 2.44 bits per heavy atom. The Bertz CT molecular complexity index is 331. The maximum atomic E-state index is 9.95. The minimum Gasteiger partial charge on any atom is -0.398 e. The second-order valence-corrected chi connectivity index (χ2v) is 5.33. The van der Waals surface area contributed by atoms with Crippen LogP contribution in [0, 0.1) is 0 Å². The minimum absolute atomic E-state index is 0.111. The van der Waals surface area contributed by atoms with E-state index in [1.807, 2.05) is 25.1 Å². The van der Waals surface area contributed by atoms with Crippen LogP contribution in [0.25, 0.3) is 0 Å². The molecule has 4 N–H and O–H groups in total. The highest BCUT2D eigenvalue weighted by Crippen LogP contribution is 2.26. The predicted molar refractivity (Wildman–Crippen MR) is 69.4 cm³/mol. The Kier molecular flexibility index (Phi) is 5.12. The Morgan fingerprint density at radius 1 is 1.25 bits per heavy atom. The van der Waals surface area contributed by atoms with E-state index in [-0.39, 0.29) is 11.4 Å². The molecule has 0 saturated heterocycles. The van der Waals surface area contributed by atoms with Gasteiger partial charge in [-0.3, -0.25) is 0 Å². The molecule has 1 rings (SSSR count). The number of nitrogen functional groups attached to an aromatic ring is 1. The van der Waals surface area contributed by atoms with E-state index in [0.29, 0.717) is 11.4 Å². The van der Waals surface area contributed by atoms with Crippen molar-refractivity contribution in [2.45, 2.75) is 31.3 Å². The summed E-state index contributed by atoms with van der Waals surface area (Å²) in [6, 6.07) is 7.31. The Morgan fingerprint density at radius 2 is 1.88 bits per heavy atom. The maximum absolute atomic E-state index is 9.95. The predicted octanol–water partition coefficient (Wildman–Crippen LogP) is 1.80. The molecule has 0 heterocycles. The Balaban J connectivity index is 2.53. The molecule has 1 aromatic carbocycles. The maximum Gasteiger partial charge on any atom is 0.0900 e. The van der Waals surface area contributed by atoms with Gasteiger partial charge in [0.2, 0.25) is 0 Å². The standard InChI is InChI=1S/C12H19NO2S/c1-8(14)9(2)16-7-12(15)10-5-3-4-6-11(10)13/h3-6,8-9,12,14-15H,7,13H2,1-2H3. The number of nitrogens with two attached hydrogens (primary N) is 1. The summed E-state index contributed by atoms with van der Waals surface area (Å²) in [5.74, 6) is 0.542. The van der Waals surface area contributed by atoms with Crippen molar-refractivity contribution in [2.24, 2.45) is 0 Å². The number of anilines is 1. The van der Waals surface area contributed by atoms with Crippen molar-refractivity contribution in [3.8, 4) is 0 Å². The van der Waals surface area contributed by atoms with Gasteiger partial charge in [-0.15, -0.1) is 0 Å². The monoisotopic (exact) mass is 241 g/mol. The molecule has 0 amide bonds. The molecular weight excluding hydrogens is 222 g/mol. The van der Waals surface area contributed by atoms with Crippen molar-refractivity contribution in [3.63, 3.8) is 0 Å². The lowest BCUT2D eigenvalue weighted by Gasteiger charge is -2.18. The number of benzene rings is 1. The topological polar surface area (TPSA) is 66.5 Å². The molecule has 0 bridgehead atoms. The zero-order valence-corrected chi connectivity index (χ0v) is 10.4. The van der Waals surface area contributed by atoms with Gasteiger partial charge in [-0.25, -0.2) is 0 Å². The second-order valence-electron chi connectivity index (χ2n) is 3.92. The molecule has 90 valence electrons. The Hall–Kier alpha value is -0.710. The van der Waals surface area contributed by atoms with Gasteiger partial charge in [0.25, 0.3) is 0 Å². The SMILES string of the molecule is CC(O)C(C)SCC(O)c1ccccc1N. The molecular formula is C12H19NO2S. The van der Waals surface area contributed by atoms with Crippen molar-refractivity contribution in [1.82, 2.24) is 0 Å². The van der Waals surface area contributed by atoms with Crippen LogP contribution in [-0.2, 0) is 0 Å². The normalized spacial score (nSPS) is 16.8. The summed E-state index contributed by atoms with van der Waals surface area (Å²) in [6.45, 7) is 3.69. The first-order valence-corrected chi connectivity index (χ1v) is 6.39. The highest BCUT2D eigenvalue weighted by molar-refractivity contribution is 7.99. The summed E-state index contributed by atoms with van der Waals surface area (Å²) in [6.07, 6.45) is -0.947. The number of thioether (sulfide) groups is 1. The number of aliphatic hydroxyl groups excluding tert-OH is 2. The van der Waals surface area contributed by atoms with Gasteiger partial charge in [-0.1, -0.05) is 25.1 Å². The van der Waals surface area contributed by atoms with Gasteiger partial charge in [-0.2, -0.15) is 11.8 Å². The fourth-order valence-corrected chi connectivity index (χ4v) is 2.23. The first kappa shape index (κ1) is 13.4. The molecule has 0 aromatic heterocycles. The largest absolute Gasteiger partial charge is 0.398 e. The average Bonchev–Trinajstić information content (AvgIpc) is 2.25. The lowest BCUT2D eigenvalue weighted by molar-refractivity contribution is 0.192. The molecule has 0 radical (unpaired) electrons. The van der Waals surface area contributed by atoms with Crippen LogP contribution < -0.4 is 5.73 Å². The summed E-state index contributed by atoms with van der Waals surface area (Å²) < 4.78 is 0. The third-order valence-corrected chi connectivity index (χ3v) is 3.98. The molecule has 16 heavy (non-hydrogen) atoms. The van der Waals surface area contributed by atoms with Crippen molar-refractivity contribution in [3.05, 3.63) is 29.8 Å². The zero-order valence-electron chi connectivity index (χ0n) is 9.63. The smallest absolute Gasteiger partial charge is 0.0900 e. The van der Waals surface area contributed by atoms with Crippen molar-refractivity contribution < 1.29 is 10.2 Å². The van der Waals surface area contributed by atoms with E-state index in [1.165, 1.54) is 0 Å². The average molecular weight is 241 g/mol. The lowest BCUT2D eigenvalue weighted by Crippen LogP contribution is -2.17. The highest BCUT2D eigenvalue weighted by atomic mass is 32.2. The number of rotatable bonds is 5. The molecule has 0 aliphatic rings. The number of hydrogen-bond donors (Lipinski definition) is 3. The summed E-state index contributed by atoms with van der Waals surface area (Å²) >= 11 is 1.54. The first-order valence-electron chi connectivity index (χ1n) is 5.34. The molecule has 1 aromatic rings. The number of aliphatic hydroxyl groups is 2. The molecule has 4 heteroatoms. The van der Waals surface area contributed by atoms with Gasteiger partial charge in [0.05, 0.1) is 12.2 Å². The third-order valence-electron chi connectivity index (χ3n) is 2.55. The number of para-hydroxylation sites is 1. The van der Waals surface area contributed by atoms with Crippen molar-refractivity contribution >= 4 is 17.4 Å². The van der Waals surface area contributed by atoms with E-state index >= 15 is 0 Å². The van der Waals surface area contributed by atoms with Crippen LogP contribution in [0.2, 0.25) is 0 Å². The van der Waals surface area contributed by atoms with E-state index in [1.54, 1.807) is 24.8 Å². The summed E-state index contributed by atoms with van der Waals surface area (Å²) in [4.78, 5) is 0. The van der Waals surface area contributed by atoms with Crippen LogP contribution >= 0.6 is 11.8 Å². The molecule has 0 fully saturated rings. The second kappa shape index (κ2) is 6.13. The van der Waals surface area contributed by atoms with E-state index < -0.39 is 6.10 Å². The molecule has 0 saturated carbocycles. The van der Waals surface area contributed by atoms with E-state index in [9.17, 15) is 10.2 Å². The lowest BCUT2D eigenvalue weighted by atomic mass is 10.1. The Labute approximate surface area is 101 Å². The van der Waals surface area contributed by atoms with Gasteiger partial charge in [0, 0.05) is 22.3 Å². The molecule has 3 nitrogen and oxygen atoms in total. The molecule has 3 atom stereocenters. The third kappa shape index (κ3) is 3.70. The van der Waals surface area contributed by atoms with Crippen LogP contribution in [0.3, 0.4) is 0 Å². The molecule has 0 spiro atoms. The summed E-state index contributed by atoms with van der Waals surface area (Å²) in [5.41, 5.74) is 7.14. The highest BCUT2D eigenvalue weighted by Gasteiger charge is 2.15. The van der Waals surface area contributed by atoms with Gasteiger partial charge in [0.1, 0.15) is 0 Å². The first-order chi connectivity index (χ1) is 7.52. The molecule has 3 unspecified atom stereocenters. The van der Waals surface area contributed by atoms with Gasteiger partial charge in [-0.05, 0) is 13.0 Å². The minimum atomic E-state index is -0.576. The molecule has 0 aliphatic carbocycles. The van der Waals surface area contributed by atoms with Crippen LogP contribution in [0.15, 0.2) is 24.3 Å². The molecule has 0 aliphatic heterocycles. The van der Waals surface area contributed by atoms with Crippen molar-refractivity contribution in [2.75, 3.05) is 11.5 Å². The van der Waals surface area contributed by atoms with Gasteiger partial charge < -0.3 is 15.9 Å². The fourth-order valence-electron chi connectivity index (χ4n) is 1.29. The van der Waals surface area contributed by atoms with Gasteiger partial charge >= 0.3 is 0 Å². The van der Waals surface area contributed by atoms with E-state index in [4.69, 9.17) is 5.73 Å². The zero-order chi connectivity index (χ0) is 12.1. The summed E-state index contributed by atoms with van der Waals surface area (Å²) in [5, 5.41) is 19.4. The quantitative estimate of drug-likeness (QED) is 0.688. The van der Waals surface area contributed by atoms with E-state index in [0.717, 1.165) is 5.56 Å². The van der Waals surface area contributed by atoms with Crippen LogP contribution in [0.1, 0.15) is 25.5 Å². The van der Waals surface area contributed by atoms with E-state index in [2.05, 4.69) is 0 Å².